The molecule has 0 saturated carbocycles. The second kappa shape index (κ2) is 5.07. The number of aryl methyl sites for hydroxylation is 1. The van der Waals surface area contributed by atoms with E-state index in [4.69, 9.17) is 21.4 Å². The van der Waals surface area contributed by atoms with E-state index in [-0.39, 0.29) is 0 Å². The summed E-state index contributed by atoms with van der Waals surface area (Å²) in [6, 6.07) is 18.4. The molecule has 0 atom stereocenters. The Bertz CT molecular complexity index is 1360. The predicted octanol–water partition coefficient (Wildman–Crippen LogP) is 6.04. The van der Waals surface area contributed by atoms with Gasteiger partial charge in [0, 0.05) is 11.5 Å². The van der Waals surface area contributed by atoms with Gasteiger partial charge in [0.2, 0.25) is 0 Å². The predicted molar refractivity (Wildman–Crippen MR) is 104 cm³/mol. The molecule has 3 heterocycles. The van der Waals surface area contributed by atoms with Gasteiger partial charge in [-0.25, -0.2) is 0 Å². The molecular weight excluding hydrogens is 330 g/mol. The largest absolute Gasteiger partial charge is 0.497 e. The minimum Gasteiger partial charge on any atom is -0.497 e. The van der Waals surface area contributed by atoms with Crippen LogP contribution in [0.25, 0.3) is 38.4 Å². The van der Waals surface area contributed by atoms with Crippen molar-refractivity contribution >= 4 is 50.6 Å². The molecule has 0 aliphatic heterocycles. The van der Waals surface area contributed by atoms with Crippen LogP contribution in [0.4, 0.5) is 0 Å². The summed E-state index contributed by atoms with van der Waals surface area (Å²) in [5, 5.41) is 3.12. The molecule has 4 heteroatoms. The van der Waals surface area contributed by atoms with Crippen molar-refractivity contribution in [1.29, 1.82) is 0 Å². The third kappa shape index (κ3) is 1.88. The van der Waals surface area contributed by atoms with E-state index in [9.17, 15) is 0 Å². The quantitative estimate of drug-likeness (QED) is 0.347. The first-order valence-corrected chi connectivity index (χ1v) is 8.53. The van der Waals surface area contributed by atoms with Crippen molar-refractivity contribution in [3.05, 3.63) is 64.8 Å². The molecule has 0 N–H and O–H groups in total. The molecule has 3 nitrogen and oxygen atoms in total. The zero-order valence-electron chi connectivity index (χ0n) is 13.9. The molecule has 2 aromatic carbocycles. The summed E-state index contributed by atoms with van der Waals surface area (Å²) in [5.74, 6) is 0.761. The average molecular weight is 345 g/mol. The van der Waals surface area contributed by atoms with E-state index in [0.717, 1.165) is 48.9 Å². The van der Waals surface area contributed by atoms with Crippen LogP contribution < -0.4 is 4.74 Å². The van der Waals surface area contributed by atoms with E-state index < -0.39 is 0 Å². The second-order valence-electron chi connectivity index (χ2n) is 6.20. The zero-order chi connectivity index (χ0) is 17.1. The Morgan fingerprint density at radius 2 is 1.84 bits per heavy atom. The maximum Gasteiger partial charge on any atom is 0.157 e. The molecule has 0 amide bonds. The normalized spacial score (nSPS) is 11.8. The Labute approximate surface area is 149 Å². The summed E-state index contributed by atoms with van der Waals surface area (Å²) in [6.45, 7) is 2.08. The Morgan fingerprint density at radius 3 is 2.68 bits per heavy atom. The molecule has 3 aromatic heterocycles. The molecule has 0 unspecified atom stereocenters. The molecule has 0 bridgehead atoms. The number of methoxy groups -OCH3 is 1. The van der Waals surface area contributed by atoms with Crippen molar-refractivity contribution in [3.8, 4) is 5.75 Å². The van der Waals surface area contributed by atoms with Crippen LogP contribution in [-0.2, 0) is 0 Å². The van der Waals surface area contributed by atoms with Gasteiger partial charge in [0.1, 0.15) is 11.3 Å². The highest BCUT2D eigenvalue weighted by Gasteiger charge is 2.16. The molecule has 25 heavy (non-hydrogen) atoms. The second-order valence-corrected chi connectivity index (χ2v) is 6.60. The molecule has 0 spiro atoms. The van der Waals surface area contributed by atoms with Crippen molar-refractivity contribution < 1.29 is 9.15 Å². The Morgan fingerprint density at radius 1 is 1.00 bits per heavy atom. The monoisotopic (exact) mass is 345 g/mol. The number of pyridine rings is 1. The number of hydrogen-bond donors (Lipinski definition) is 0. The zero-order valence-corrected chi connectivity index (χ0v) is 14.7. The van der Waals surface area contributed by atoms with Gasteiger partial charge < -0.3 is 13.6 Å². The van der Waals surface area contributed by atoms with Crippen LogP contribution >= 0.6 is 12.2 Å². The summed E-state index contributed by atoms with van der Waals surface area (Å²) >= 11 is 5.82. The number of hydrogen-bond acceptors (Lipinski definition) is 3. The molecule has 5 aromatic rings. The first kappa shape index (κ1) is 14.5. The number of benzene rings is 2. The Balaban J connectivity index is 2.07. The van der Waals surface area contributed by atoms with Gasteiger partial charge in [-0.2, -0.15) is 0 Å². The summed E-state index contributed by atoms with van der Waals surface area (Å²) in [6.07, 6.45) is 0. The molecule has 0 radical (unpaired) electrons. The molecule has 0 aliphatic carbocycles. The molecule has 5 rings (SSSR count). The molecular formula is C21H15NO2S. The van der Waals surface area contributed by atoms with Crippen molar-refractivity contribution in [1.82, 2.24) is 4.40 Å². The highest BCUT2D eigenvalue weighted by atomic mass is 32.1. The SMILES string of the molecule is COc1ccc2c(=S)c3c(oc2c1)c(C)n1c2ccccc2ccc31. The van der Waals surface area contributed by atoms with Crippen LogP contribution in [0, 0.1) is 11.4 Å². The van der Waals surface area contributed by atoms with E-state index in [1.807, 2.05) is 18.2 Å². The van der Waals surface area contributed by atoms with E-state index in [2.05, 4.69) is 47.7 Å². The summed E-state index contributed by atoms with van der Waals surface area (Å²) in [4.78, 5) is 0. The maximum atomic E-state index is 6.27. The number of fused-ring (bicyclic) bond motifs is 6. The lowest BCUT2D eigenvalue weighted by Crippen LogP contribution is -1.89. The first-order chi connectivity index (χ1) is 12.2. The van der Waals surface area contributed by atoms with E-state index in [1.54, 1.807) is 7.11 Å². The van der Waals surface area contributed by atoms with Gasteiger partial charge in [-0.1, -0.05) is 36.5 Å². The van der Waals surface area contributed by atoms with Crippen LogP contribution in [0.1, 0.15) is 5.69 Å². The smallest absolute Gasteiger partial charge is 0.157 e. The first-order valence-electron chi connectivity index (χ1n) is 8.12. The number of ether oxygens (including phenoxy) is 1. The third-order valence-electron chi connectivity index (χ3n) is 4.86. The fourth-order valence-corrected chi connectivity index (χ4v) is 4.02. The fraction of sp³-hybridized carbons (Fsp3) is 0.0952. The van der Waals surface area contributed by atoms with Gasteiger partial charge in [0.25, 0.3) is 0 Å². The minimum absolute atomic E-state index is 0.750. The molecule has 0 fully saturated rings. The van der Waals surface area contributed by atoms with Crippen molar-refractivity contribution in [3.63, 3.8) is 0 Å². The van der Waals surface area contributed by atoms with Gasteiger partial charge in [-0.15, -0.1) is 0 Å². The highest BCUT2D eigenvalue weighted by molar-refractivity contribution is 7.72. The van der Waals surface area contributed by atoms with Gasteiger partial charge in [-0.3, -0.25) is 0 Å². The highest BCUT2D eigenvalue weighted by Crippen LogP contribution is 2.35. The third-order valence-corrected chi connectivity index (χ3v) is 5.28. The molecule has 122 valence electrons. The molecule has 0 saturated heterocycles. The average Bonchev–Trinajstić information content (AvgIpc) is 2.94. The van der Waals surface area contributed by atoms with Gasteiger partial charge in [0.05, 0.1) is 33.7 Å². The minimum atomic E-state index is 0.750. The van der Waals surface area contributed by atoms with Gasteiger partial charge in [0.15, 0.2) is 5.58 Å². The van der Waals surface area contributed by atoms with Crippen molar-refractivity contribution in [2.45, 2.75) is 6.92 Å². The van der Waals surface area contributed by atoms with Crippen LogP contribution in [0.5, 0.6) is 5.75 Å². The van der Waals surface area contributed by atoms with Crippen LogP contribution in [-0.4, -0.2) is 11.5 Å². The Hall–Kier alpha value is -2.85. The van der Waals surface area contributed by atoms with E-state index >= 15 is 0 Å². The number of nitrogens with zero attached hydrogens (tertiary/aromatic N) is 1. The lowest BCUT2D eigenvalue weighted by molar-refractivity contribution is 0.414. The van der Waals surface area contributed by atoms with E-state index in [1.165, 1.54) is 5.39 Å². The van der Waals surface area contributed by atoms with Gasteiger partial charge in [-0.05, 0) is 36.6 Å². The summed E-state index contributed by atoms with van der Waals surface area (Å²) in [5.41, 5.74) is 4.87. The summed E-state index contributed by atoms with van der Waals surface area (Å²) in [7, 11) is 1.65. The number of para-hydroxylation sites is 1. The number of rotatable bonds is 1. The molecule has 0 aliphatic rings. The van der Waals surface area contributed by atoms with Crippen LogP contribution in [0.2, 0.25) is 0 Å². The topological polar surface area (TPSA) is 26.8 Å². The van der Waals surface area contributed by atoms with E-state index in [0.29, 0.717) is 0 Å². The maximum absolute atomic E-state index is 6.27. The fourth-order valence-electron chi connectivity index (χ4n) is 3.65. The lowest BCUT2D eigenvalue weighted by atomic mass is 10.1. The van der Waals surface area contributed by atoms with Crippen LogP contribution in [0.15, 0.2) is 59.0 Å². The summed E-state index contributed by atoms with van der Waals surface area (Å²) < 4.78 is 14.6. The van der Waals surface area contributed by atoms with Crippen molar-refractivity contribution in [2.75, 3.05) is 7.11 Å². The Kier molecular flexibility index (Phi) is 2.94. The van der Waals surface area contributed by atoms with Gasteiger partial charge >= 0.3 is 0 Å². The van der Waals surface area contributed by atoms with Crippen molar-refractivity contribution in [2.24, 2.45) is 0 Å². The van der Waals surface area contributed by atoms with Crippen LogP contribution in [0.3, 0.4) is 0 Å². The standard InChI is InChI=1S/C21H15NO2S/c1-12-20-19(17-10-7-13-5-3-4-6-16(13)22(12)17)21(25)15-9-8-14(23-2)11-18(15)24-20/h3-11H,1-2H3. The lowest BCUT2D eigenvalue weighted by Gasteiger charge is -2.04. The number of aromatic nitrogens is 1.